The van der Waals surface area contributed by atoms with E-state index >= 15 is 0 Å². The van der Waals surface area contributed by atoms with E-state index in [1.807, 2.05) is 39.0 Å². The molecule has 5 nitrogen and oxygen atoms in total. The molecule has 0 aromatic carbocycles. The SMILES string of the molecule is CCN(C(=O)c1cnccc1NC)C(C)CN(C)C. The van der Waals surface area contributed by atoms with Crippen LogP contribution in [-0.4, -0.2) is 61.0 Å². The molecule has 1 atom stereocenters. The molecule has 1 rings (SSSR count). The lowest BCUT2D eigenvalue weighted by atomic mass is 10.1. The van der Waals surface area contributed by atoms with Crippen LogP contribution in [0.1, 0.15) is 24.2 Å². The predicted octanol–water partition coefficient (Wildman–Crippen LogP) is 1.54. The number of likely N-dealkylation sites (N-methyl/N-ethyl adjacent to an activating group) is 2. The number of amides is 1. The molecule has 0 saturated carbocycles. The number of hydrogen-bond acceptors (Lipinski definition) is 4. The largest absolute Gasteiger partial charge is 0.387 e. The summed E-state index contributed by atoms with van der Waals surface area (Å²) in [5.74, 6) is 0.0225. The van der Waals surface area contributed by atoms with Crippen molar-refractivity contribution in [3.8, 4) is 0 Å². The lowest BCUT2D eigenvalue weighted by molar-refractivity contribution is 0.0679. The second-order valence-corrected chi connectivity index (χ2v) is 4.87. The molecule has 1 heterocycles. The first-order chi connectivity index (χ1) is 9.01. The monoisotopic (exact) mass is 264 g/mol. The molecule has 1 aromatic rings. The first-order valence-electron chi connectivity index (χ1n) is 6.58. The zero-order valence-corrected chi connectivity index (χ0v) is 12.5. The molecule has 0 aliphatic carbocycles. The third-order valence-corrected chi connectivity index (χ3v) is 3.08. The number of carbonyl (C=O) groups excluding carboxylic acids is 1. The van der Waals surface area contributed by atoms with Crippen molar-refractivity contribution < 1.29 is 4.79 Å². The van der Waals surface area contributed by atoms with E-state index in [-0.39, 0.29) is 11.9 Å². The summed E-state index contributed by atoms with van der Waals surface area (Å²) >= 11 is 0. The van der Waals surface area contributed by atoms with Crippen LogP contribution in [-0.2, 0) is 0 Å². The first kappa shape index (κ1) is 15.4. The van der Waals surface area contributed by atoms with Gasteiger partial charge in [-0.15, -0.1) is 0 Å². The Morgan fingerprint density at radius 2 is 2.16 bits per heavy atom. The molecule has 5 heteroatoms. The fourth-order valence-electron chi connectivity index (χ4n) is 2.22. The summed E-state index contributed by atoms with van der Waals surface area (Å²) in [4.78, 5) is 20.6. The lowest BCUT2D eigenvalue weighted by Gasteiger charge is -2.30. The Morgan fingerprint density at radius 3 is 2.68 bits per heavy atom. The van der Waals surface area contributed by atoms with Crippen molar-refractivity contribution in [3.63, 3.8) is 0 Å². The van der Waals surface area contributed by atoms with E-state index in [4.69, 9.17) is 0 Å². The standard InChI is InChI=1S/C14H24N4O/c1-6-18(11(2)10-17(4)5)14(19)12-9-16-8-7-13(12)15-3/h7-9,11H,6,10H2,1-5H3,(H,15,16). The summed E-state index contributed by atoms with van der Waals surface area (Å²) < 4.78 is 0. The van der Waals surface area contributed by atoms with Gasteiger partial charge in [0.15, 0.2) is 0 Å². The number of aromatic nitrogens is 1. The molecular weight excluding hydrogens is 240 g/mol. The minimum atomic E-state index is 0.0225. The van der Waals surface area contributed by atoms with Gasteiger partial charge >= 0.3 is 0 Å². The highest BCUT2D eigenvalue weighted by molar-refractivity contribution is 5.99. The first-order valence-corrected chi connectivity index (χ1v) is 6.58. The van der Waals surface area contributed by atoms with Crippen LogP contribution in [0.25, 0.3) is 0 Å². The van der Waals surface area contributed by atoms with Gasteiger partial charge in [-0.25, -0.2) is 0 Å². The lowest BCUT2D eigenvalue weighted by Crippen LogP contribution is -2.43. The third-order valence-electron chi connectivity index (χ3n) is 3.08. The van der Waals surface area contributed by atoms with Gasteiger partial charge in [0.2, 0.25) is 0 Å². The van der Waals surface area contributed by atoms with Gasteiger partial charge in [-0.05, 0) is 34.0 Å². The number of carbonyl (C=O) groups is 1. The number of rotatable bonds is 6. The molecular formula is C14H24N4O. The maximum Gasteiger partial charge on any atom is 0.257 e. The van der Waals surface area contributed by atoms with Crippen molar-refractivity contribution in [1.29, 1.82) is 0 Å². The molecule has 0 fully saturated rings. The maximum absolute atomic E-state index is 12.6. The van der Waals surface area contributed by atoms with Crippen molar-refractivity contribution in [2.45, 2.75) is 19.9 Å². The molecule has 0 aliphatic rings. The van der Waals surface area contributed by atoms with Gasteiger partial charge in [0.1, 0.15) is 0 Å². The fraction of sp³-hybridized carbons (Fsp3) is 0.571. The van der Waals surface area contributed by atoms with E-state index in [9.17, 15) is 4.79 Å². The van der Waals surface area contributed by atoms with Crippen molar-refractivity contribution in [1.82, 2.24) is 14.8 Å². The van der Waals surface area contributed by atoms with Crippen LogP contribution in [0.4, 0.5) is 5.69 Å². The molecule has 1 aromatic heterocycles. The number of pyridine rings is 1. The second kappa shape index (κ2) is 7.09. The van der Waals surface area contributed by atoms with Crippen LogP contribution in [0, 0.1) is 0 Å². The Morgan fingerprint density at radius 1 is 1.47 bits per heavy atom. The van der Waals surface area contributed by atoms with Crippen LogP contribution in [0.3, 0.4) is 0 Å². The van der Waals surface area contributed by atoms with Crippen molar-refractivity contribution >= 4 is 11.6 Å². The zero-order valence-electron chi connectivity index (χ0n) is 12.5. The van der Waals surface area contributed by atoms with E-state index in [0.717, 1.165) is 12.2 Å². The molecule has 106 valence electrons. The quantitative estimate of drug-likeness (QED) is 0.846. The normalized spacial score (nSPS) is 12.3. The van der Waals surface area contributed by atoms with Crippen LogP contribution in [0.2, 0.25) is 0 Å². The highest BCUT2D eigenvalue weighted by Crippen LogP contribution is 2.16. The van der Waals surface area contributed by atoms with E-state index in [1.54, 1.807) is 12.4 Å². The Labute approximate surface area is 115 Å². The van der Waals surface area contributed by atoms with Gasteiger partial charge < -0.3 is 15.1 Å². The summed E-state index contributed by atoms with van der Waals surface area (Å²) in [6, 6.07) is 1.98. The van der Waals surface area contributed by atoms with Gasteiger partial charge in [0.05, 0.1) is 5.56 Å². The van der Waals surface area contributed by atoms with Crippen molar-refractivity contribution in [2.75, 3.05) is 39.5 Å². The van der Waals surface area contributed by atoms with Gasteiger partial charge in [-0.1, -0.05) is 0 Å². The van der Waals surface area contributed by atoms with Gasteiger partial charge in [-0.3, -0.25) is 9.78 Å². The molecule has 0 saturated heterocycles. The highest BCUT2D eigenvalue weighted by atomic mass is 16.2. The molecule has 0 radical (unpaired) electrons. The second-order valence-electron chi connectivity index (χ2n) is 4.87. The summed E-state index contributed by atoms with van der Waals surface area (Å²) in [6.45, 7) is 5.59. The van der Waals surface area contributed by atoms with E-state index in [0.29, 0.717) is 12.1 Å². The average Bonchev–Trinajstić information content (AvgIpc) is 2.38. The topological polar surface area (TPSA) is 48.5 Å². The van der Waals surface area contributed by atoms with Crippen LogP contribution in [0.5, 0.6) is 0 Å². The molecule has 1 amide bonds. The Kier molecular flexibility index (Phi) is 5.76. The molecule has 1 N–H and O–H groups in total. The van der Waals surface area contributed by atoms with Crippen molar-refractivity contribution in [3.05, 3.63) is 24.0 Å². The maximum atomic E-state index is 12.6. The Hall–Kier alpha value is -1.62. The van der Waals surface area contributed by atoms with Crippen LogP contribution >= 0.6 is 0 Å². The summed E-state index contributed by atoms with van der Waals surface area (Å²) in [5.41, 5.74) is 1.44. The average molecular weight is 264 g/mol. The van der Waals surface area contributed by atoms with Crippen LogP contribution in [0.15, 0.2) is 18.5 Å². The minimum Gasteiger partial charge on any atom is -0.387 e. The van der Waals surface area contributed by atoms with Crippen molar-refractivity contribution in [2.24, 2.45) is 0 Å². The molecule has 0 aliphatic heterocycles. The molecule has 0 bridgehead atoms. The summed E-state index contributed by atoms with van der Waals surface area (Å²) in [5, 5.41) is 3.04. The Bertz CT molecular complexity index is 420. The van der Waals surface area contributed by atoms with E-state index < -0.39 is 0 Å². The zero-order chi connectivity index (χ0) is 14.4. The smallest absolute Gasteiger partial charge is 0.257 e. The molecule has 0 spiro atoms. The summed E-state index contributed by atoms with van der Waals surface area (Å²) in [7, 11) is 5.83. The number of nitrogens with one attached hydrogen (secondary N) is 1. The van der Waals surface area contributed by atoms with Crippen LogP contribution < -0.4 is 5.32 Å². The molecule has 1 unspecified atom stereocenters. The fourth-order valence-corrected chi connectivity index (χ4v) is 2.22. The number of hydrogen-bond donors (Lipinski definition) is 1. The minimum absolute atomic E-state index is 0.0225. The van der Waals surface area contributed by atoms with Gasteiger partial charge in [0, 0.05) is 44.3 Å². The third kappa shape index (κ3) is 3.92. The summed E-state index contributed by atoms with van der Waals surface area (Å²) in [6.07, 6.45) is 3.31. The van der Waals surface area contributed by atoms with E-state index in [1.165, 1.54) is 0 Å². The van der Waals surface area contributed by atoms with Gasteiger partial charge in [0.25, 0.3) is 5.91 Å². The predicted molar refractivity (Wildman–Crippen MR) is 78.5 cm³/mol. The number of nitrogens with zero attached hydrogens (tertiary/aromatic N) is 3. The molecule has 19 heavy (non-hydrogen) atoms. The number of anilines is 1. The Balaban J connectivity index is 2.95. The highest BCUT2D eigenvalue weighted by Gasteiger charge is 2.22. The van der Waals surface area contributed by atoms with E-state index in [2.05, 4.69) is 22.1 Å². The van der Waals surface area contributed by atoms with Gasteiger partial charge in [-0.2, -0.15) is 0 Å².